The second-order valence-electron chi connectivity index (χ2n) is 10.7. The first-order valence-corrected chi connectivity index (χ1v) is 14.5. The number of nitrogens with zero attached hydrogens (tertiary/aromatic N) is 1. The minimum atomic E-state index is -0.265. The van der Waals surface area contributed by atoms with Gasteiger partial charge in [-0.05, 0) is 60.4 Å². The van der Waals surface area contributed by atoms with E-state index in [4.69, 9.17) is 9.72 Å². The highest BCUT2D eigenvalue weighted by atomic mass is 16.5. The fraction of sp³-hybridized carbons (Fsp3) is 0.324. The number of ether oxygens (including phenoxy) is 1. The zero-order chi connectivity index (χ0) is 28.8. The van der Waals surface area contributed by atoms with Crippen LogP contribution in [0.1, 0.15) is 68.6 Å². The highest BCUT2D eigenvalue weighted by molar-refractivity contribution is 5.91. The summed E-state index contributed by atoms with van der Waals surface area (Å²) in [5, 5.41) is 6.60. The van der Waals surface area contributed by atoms with Crippen molar-refractivity contribution in [3.8, 4) is 17.0 Å². The third-order valence-corrected chi connectivity index (χ3v) is 7.83. The van der Waals surface area contributed by atoms with E-state index in [1.54, 1.807) is 7.11 Å². The average Bonchev–Trinajstić information content (AvgIpc) is 3.60. The molecule has 5 rings (SSSR count). The molecule has 3 N–H and O–H groups in total. The number of H-pyrrole nitrogens is 2. The largest absolute Gasteiger partial charge is 0.497 e. The van der Waals surface area contributed by atoms with Crippen molar-refractivity contribution in [2.75, 3.05) is 7.11 Å². The Morgan fingerprint density at radius 3 is 2.61 bits per heavy atom. The van der Waals surface area contributed by atoms with Crippen LogP contribution in [-0.2, 0) is 16.0 Å². The standard InChI is InChI=1S/C34H38N4O3/c1-4-26(39)12-6-5-7-13-31(34-35-21-32(38-34)25-15-14-23-10-8-9-11-24(23)18-25)37-33(40)20-28-22(2)36-30-17-16-27(41-3)19-29(28)30/h8-11,14-19,21,31,36H,4-7,12-13,20H2,1-3H3,(H,35,38)(H,37,40)/t31-/m1/s1. The van der Waals surface area contributed by atoms with Gasteiger partial charge < -0.3 is 20.0 Å². The van der Waals surface area contributed by atoms with Gasteiger partial charge in [0.15, 0.2) is 0 Å². The predicted molar refractivity (Wildman–Crippen MR) is 164 cm³/mol. The number of aryl methyl sites for hydroxylation is 1. The number of carbonyl (C=O) groups is 2. The molecule has 0 aliphatic rings. The van der Waals surface area contributed by atoms with Gasteiger partial charge in [0.05, 0.1) is 31.5 Å². The number of Topliss-reactive ketones (excluding diaryl/α,β-unsaturated/α-hetero) is 1. The molecule has 0 spiro atoms. The molecule has 1 atom stereocenters. The van der Waals surface area contributed by atoms with E-state index in [9.17, 15) is 9.59 Å². The Morgan fingerprint density at radius 2 is 1.80 bits per heavy atom. The van der Waals surface area contributed by atoms with Gasteiger partial charge in [0.25, 0.3) is 0 Å². The van der Waals surface area contributed by atoms with E-state index in [2.05, 4.69) is 45.6 Å². The van der Waals surface area contributed by atoms with Crippen molar-refractivity contribution in [2.24, 2.45) is 0 Å². The van der Waals surface area contributed by atoms with Crippen LogP contribution in [0.4, 0.5) is 0 Å². The minimum Gasteiger partial charge on any atom is -0.497 e. The molecule has 2 aromatic heterocycles. The van der Waals surface area contributed by atoms with E-state index >= 15 is 0 Å². The summed E-state index contributed by atoms with van der Waals surface area (Å²) in [6.45, 7) is 3.90. The lowest BCUT2D eigenvalue weighted by molar-refractivity contribution is -0.121. The summed E-state index contributed by atoms with van der Waals surface area (Å²) < 4.78 is 5.41. The summed E-state index contributed by atoms with van der Waals surface area (Å²) in [7, 11) is 1.64. The molecule has 41 heavy (non-hydrogen) atoms. The molecule has 5 aromatic rings. The van der Waals surface area contributed by atoms with Crippen molar-refractivity contribution >= 4 is 33.4 Å². The van der Waals surface area contributed by atoms with Crippen LogP contribution in [0, 0.1) is 6.92 Å². The Bertz CT molecular complexity index is 1670. The zero-order valence-electron chi connectivity index (χ0n) is 24.0. The van der Waals surface area contributed by atoms with Crippen LogP contribution in [0.25, 0.3) is 32.9 Å². The van der Waals surface area contributed by atoms with Crippen LogP contribution < -0.4 is 10.1 Å². The summed E-state index contributed by atoms with van der Waals surface area (Å²) in [5.41, 5.74) is 4.88. The van der Waals surface area contributed by atoms with Crippen molar-refractivity contribution in [1.82, 2.24) is 20.3 Å². The molecule has 2 heterocycles. The smallest absolute Gasteiger partial charge is 0.225 e. The SMILES string of the molecule is CCC(=O)CCCCC[C@@H](NC(=O)Cc1c(C)[nH]c2ccc(OC)cc12)c1ncc(-c2ccc3ccccc3c2)[nH]1. The Kier molecular flexibility index (Phi) is 8.82. The van der Waals surface area contributed by atoms with Crippen molar-refractivity contribution in [1.29, 1.82) is 0 Å². The molecule has 212 valence electrons. The van der Waals surface area contributed by atoms with Crippen molar-refractivity contribution in [3.05, 3.63) is 83.9 Å². The quantitative estimate of drug-likeness (QED) is 0.133. The van der Waals surface area contributed by atoms with Gasteiger partial charge in [0.1, 0.15) is 17.4 Å². The number of ketones is 1. The maximum Gasteiger partial charge on any atom is 0.225 e. The number of methoxy groups -OCH3 is 1. The van der Waals surface area contributed by atoms with E-state index in [1.165, 1.54) is 10.8 Å². The maximum absolute atomic E-state index is 13.4. The summed E-state index contributed by atoms with van der Waals surface area (Å²) in [5.74, 6) is 1.73. The van der Waals surface area contributed by atoms with Gasteiger partial charge in [-0.1, -0.05) is 56.2 Å². The number of fused-ring (bicyclic) bond motifs is 2. The summed E-state index contributed by atoms with van der Waals surface area (Å²) in [4.78, 5) is 36.7. The number of hydrogen-bond donors (Lipinski definition) is 3. The molecular weight excluding hydrogens is 512 g/mol. The number of amides is 1. The van der Waals surface area contributed by atoms with Crippen molar-refractivity contribution < 1.29 is 14.3 Å². The molecule has 0 fully saturated rings. The van der Waals surface area contributed by atoms with Crippen LogP contribution in [0.3, 0.4) is 0 Å². The van der Waals surface area contributed by atoms with Gasteiger partial charge in [-0.2, -0.15) is 0 Å². The molecule has 0 aliphatic carbocycles. The first kappa shape index (κ1) is 28.1. The number of carbonyl (C=O) groups excluding carboxylic acids is 2. The lowest BCUT2D eigenvalue weighted by Gasteiger charge is -2.17. The van der Waals surface area contributed by atoms with Crippen LogP contribution in [0.15, 0.2) is 66.9 Å². The van der Waals surface area contributed by atoms with Crippen LogP contribution in [0.2, 0.25) is 0 Å². The summed E-state index contributed by atoms with van der Waals surface area (Å²) >= 11 is 0. The summed E-state index contributed by atoms with van der Waals surface area (Å²) in [6.07, 6.45) is 6.70. The Hall–Kier alpha value is -4.39. The first-order valence-electron chi connectivity index (χ1n) is 14.5. The van der Waals surface area contributed by atoms with Gasteiger partial charge in [0, 0.05) is 35.0 Å². The molecule has 0 bridgehead atoms. The Morgan fingerprint density at radius 1 is 0.976 bits per heavy atom. The van der Waals surface area contributed by atoms with Gasteiger partial charge in [0.2, 0.25) is 5.91 Å². The van der Waals surface area contributed by atoms with Gasteiger partial charge in [-0.3, -0.25) is 9.59 Å². The maximum atomic E-state index is 13.4. The van der Waals surface area contributed by atoms with Crippen molar-refractivity contribution in [2.45, 2.75) is 64.8 Å². The monoisotopic (exact) mass is 550 g/mol. The van der Waals surface area contributed by atoms with Crippen LogP contribution in [0.5, 0.6) is 5.75 Å². The van der Waals surface area contributed by atoms with E-state index in [0.29, 0.717) is 18.6 Å². The lowest BCUT2D eigenvalue weighted by Crippen LogP contribution is -2.30. The predicted octanol–water partition coefficient (Wildman–Crippen LogP) is 7.36. The van der Waals surface area contributed by atoms with E-state index < -0.39 is 0 Å². The highest BCUT2D eigenvalue weighted by Gasteiger charge is 2.20. The molecule has 0 saturated carbocycles. The average molecular weight is 551 g/mol. The second-order valence-corrected chi connectivity index (χ2v) is 10.7. The molecule has 1 amide bonds. The molecule has 0 aliphatic heterocycles. The third kappa shape index (κ3) is 6.68. The topological polar surface area (TPSA) is 99.9 Å². The van der Waals surface area contributed by atoms with Crippen LogP contribution >= 0.6 is 0 Å². The number of imidazole rings is 1. The number of hydrogen-bond acceptors (Lipinski definition) is 4. The first-order chi connectivity index (χ1) is 19.9. The normalized spacial score (nSPS) is 12.1. The van der Waals surface area contributed by atoms with Gasteiger partial charge >= 0.3 is 0 Å². The Labute approximate surface area is 240 Å². The molecule has 3 aromatic carbocycles. The van der Waals surface area contributed by atoms with Gasteiger partial charge in [-0.15, -0.1) is 0 Å². The Balaban J connectivity index is 1.34. The molecule has 7 heteroatoms. The third-order valence-electron chi connectivity index (χ3n) is 7.83. The van der Waals surface area contributed by atoms with Gasteiger partial charge in [-0.25, -0.2) is 4.98 Å². The number of unbranched alkanes of at least 4 members (excludes halogenated alkanes) is 2. The van der Waals surface area contributed by atoms with Crippen LogP contribution in [-0.4, -0.2) is 33.8 Å². The fourth-order valence-corrected chi connectivity index (χ4v) is 5.44. The van der Waals surface area contributed by atoms with Crippen molar-refractivity contribution in [3.63, 3.8) is 0 Å². The van der Waals surface area contributed by atoms with E-state index in [0.717, 1.165) is 70.7 Å². The van der Waals surface area contributed by atoms with E-state index in [-0.39, 0.29) is 18.4 Å². The second kappa shape index (κ2) is 12.9. The van der Waals surface area contributed by atoms with E-state index in [1.807, 2.05) is 50.4 Å². The molecule has 0 saturated heterocycles. The molecular formula is C34H38N4O3. The highest BCUT2D eigenvalue weighted by Crippen LogP contribution is 2.28. The summed E-state index contributed by atoms with van der Waals surface area (Å²) in [6, 6.07) is 20.2. The molecule has 0 radical (unpaired) electrons. The number of benzene rings is 3. The number of aromatic nitrogens is 3. The molecule has 0 unspecified atom stereocenters. The zero-order valence-corrected chi connectivity index (χ0v) is 24.0. The minimum absolute atomic E-state index is 0.0633. The fourth-order valence-electron chi connectivity index (χ4n) is 5.44. The number of aromatic amines is 2. The molecule has 7 nitrogen and oxygen atoms in total. The lowest BCUT2D eigenvalue weighted by atomic mass is 10.0. The number of rotatable bonds is 13. The number of nitrogens with one attached hydrogen (secondary N) is 3.